The highest BCUT2D eigenvalue weighted by atomic mass is 35.5. The van der Waals surface area contributed by atoms with Crippen LogP contribution in [0.15, 0.2) is 42.7 Å². The summed E-state index contributed by atoms with van der Waals surface area (Å²) >= 11 is 6.35. The van der Waals surface area contributed by atoms with Crippen molar-refractivity contribution in [2.24, 2.45) is 0 Å². The zero-order valence-corrected chi connectivity index (χ0v) is 11.8. The van der Waals surface area contributed by atoms with Crippen LogP contribution in [0.25, 0.3) is 0 Å². The molecule has 100 valence electrons. The van der Waals surface area contributed by atoms with Gasteiger partial charge in [0.05, 0.1) is 13.2 Å². The largest absolute Gasteiger partial charge is 0.497 e. The van der Waals surface area contributed by atoms with Gasteiger partial charge in [0.2, 0.25) is 0 Å². The summed E-state index contributed by atoms with van der Waals surface area (Å²) in [6, 6.07) is 9.80. The van der Waals surface area contributed by atoms with Crippen LogP contribution in [0.1, 0.15) is 24.1 Å². The van der Waals surface area contributed by atoms with Crippen molar-refractivity contribution >= 4 is 11.6 Å². The first-order chi connectivity index (χ1) is 9.26. The normalized spacial score (nSPS) is 12.2. The molecule has 0 radical (unpaired) electrons. The van der Waals surface area contributed by atoms with E-state index in [0.717, 1.165) is 23.4 Å². The predicted octanol–water partition coefficient (Wildman–Crippen LogP) is 3.44. The highest BCUT2D eigenvalue weighted by Crippen LogP contribution is 2.30. The summed E-state index contributed by atoms with van der Waals surface area (Å²) in [7, 11) is 1.63. The molecular formula is C15H17ClN2O. The quantitative estimate of drug-likeness (QED) is 0.908. The third kappa shape index (κ3) is 3.25. The lowest BCUT2D eigenvalue weighted by molar-refractivity contribution is 0.414. The number of nitrogens with one attached hydrogen (secondary N) is 1. The van der Waals surface area contributed by atoms with E-state index < -0.39 is 0 Å². The third-order valence-corrected chi connectivity index (χ3v) is 3.29. The van der Waals surface area contributed by atoms with Gasteiger partial charge in [0.15, 0.2) is 0 Å². The molecule has 1 unspecified atom stereocenters. The maximum absolute atomic E-state index is 6.35. The maximum atomic E-state index is 6.35. The highest BCUT2D eigenvalue weighted by molar-refractivity contribution is 6.31. The second kappa shape index (κ2) is 6.55. The molecule has 2 aromatic rings. The first-order valence-electron chi connectivity index (χ1n) is 6.23. The highest BCUT2D eigenvalue weighted by Gasteiger charge is 2.16. The van der Waals surface area contributed by atoms with E-state index in [4.69, 9.17) is 16.3 Å². The number of pyridine rings is 1. The van der Waals surface area contributed by atoms with Gasteiger partial charge in [-0.3, -0.25) is 4.98 Å². The Labute approximate surface area is 118 Å². The van der Waals surface area contributed by atoms with Crippen LogP contribution in [0.2, 0.25) is 5.02 Å². The first-order valence-corrected chi connectivity index (χ1v) is 6.60. The Balaban J connectivity index is 2.39. The number of ether oxygens (including phenoxy) is 1. The van der Waals surface area contributed by atoms with Gasteiger partial charge in [-0.05, 0) is 41.9 Å². The number of hydrogen-bond acceptors (Lipinski definition) is 3. The average molecular weight is 277 g/mol. The molecule has 0 aliphatic heterocycles. The SMILES string of the molecule is CCNC(c1ccncc1)c1ccc(OC)cc1Cl. The van der Waals surface area contributed by atoms with E-state index in [2.05, 4.69) is 17.2 Å². The smallest absolute Gasteiger partial charge is 0.120 e. The van der Waals surface area contributed by atoms with Gasteiger partial charge in [-0.25, -0.2) is 0 Å². The van der Waals surface area contributed by atoms with Crippen LogP contribution in [-0.4, -0.2) is 18.6 Å². The van der Waals surface area contributed by atoms with Crippen LogP contribution >= 0.6 is 11.6 Å². The fourth-order valence-electron chi connectivity index (χ4n) is 2.04. The molecule has 0 spiro atoms. The molecule has 1 atom stereocenters. The molecule has 0 saturated heterocycles. The van der Waals surface area contributed by atoms with Gasteiger partial charge in [0.1, 0.15) is 5.75 Å². The van der Waals surface area contributed by atoms with Gasteiger partial charge in [0, 0.05) is 17.4 Å². The molecule has 0 saturated carbocycles. The molecular weight excluding hydrogens is 260 g/mol. The van der Waals surface area contributed by atoms with E-state index in [1.165, 1.54) is 0 Å². The Morgan fingerprint density at radius 2 is 2.00 bits per heavy atom. The third-order valence-electron chi connectivity index (χ3n) is 2.97. The molecule has 2 rings (SSSR count). The minimum absolute atomic E-state index is 0.0615. The number of aromatic nitrogens is 1. The molecule has 1 aromatic carbocycles. The molecule has 1 N–H and O–H groups in total. The van der Waals surface area contributed by atoms with E-state index in [9.17, 15) is 0 Å². The number of benzene rings is 1. The monoisotopic (exact) mass is 276 g/mol. The van der Waals surface area contributed by atoms with Gasteiger partial charge < -0.3 is 10.1 Å². The molecule has 0 bridgehead atoms. The van der Waals surface area contributed by atoms with Crippen LogP contribution in [-0.2, 0) is 0 Å². The molecule has 0 aliphatic rings. The van der Waals surface area contributed by atoms with Crippen LogP contribution in [0.3, 0.4) is 0 Å². The van der Waals surface area contributed by atoms with E-state index in [-0.39, 0.29) is 6.04 Å². The molecule has 0 amide bonds. The summed E-state index contributed by atoms with van der Waals surface area (Å²) in [5.74, 6) is 0.763. The van der Waals surface area contributed by atoms with Crippen molar-refractivity contribution in [1.29, 1.82) is 0 Å². The molecule has 19 heavy (non-hydrogen) atoms. The molecule has 0 fully saturated rings. The van der Waals surface area contributed by atoms with Crippen LogP contribution in [0, 0.1) is 0 Å². The fraction of sp³-hybridized carbons (Fsp3) is 0.267. The zero-order chi connectivity index (χ0) is 13.7. The van der Waals surface area contributed by atoms with Crippen LogP contribution in [0.4, 0.5) is 0 Å². The van der Waals surface area contributed by atoms with Gasteiger partial charge >= 0.3 is 0 Å². The molecule has 1 aromatic heterocycles. The molecule has 4 heteroatoms. The van der Waals surface area contributed by atoms with Gasteiger partial charge in [-0.15, -0.1) is 0 Å². The Morgan fingerprint density at radius 1 is 1.26 bits per heavy atom. The number of methoxy groups -OCH3 is 1. The fourth-order valence-corrected chi connectivity index (χ4v) is 2.32. The zero-order valence-electron chi connectivity index (χ0n) is 11.1. The summed E-state index contributed by atoms with van der Waals surface area (Å²) < 4.78 is 5.18. The summed E-state index contributed by atoms with van der Waals surface area (Å²) in [6.45, 7) is 2.93. The lowest BCUT2D eigenvalue weighted by Gasteiger charge is -2.20. The van der Waals surface area contributed by atoms with Crippen molar-refractivity contribution in [3.8, 4) is 5.75 Å². The van der Waals surface area contributed by atoms with Gasteiger partial charge in [-0.1, -0.05) is 24.6 Å². The van der Waals surface area contributed by atoms with Crippen LogP contribution in [0.5, 0.6) is 5.75 Å². The Hall–Kier alpha value is -1.58. The van der Waals surface area contributed by atoms with Crippen molar-refractivity contribution in [3.05, 3.63) is 58.9 Å². The van der Waals surface area contributed by atoms with Crippen LogP contribution < -0.4 is 10.1 Å². The molecule has 0 aliphatic carbocycles. The lowest BCUT2D eigenvalue weighted by Crippen LogP contribution is -2.22. The van der Waals surface area contributed by atoms with Crippen molar-refractivity contribution < 1.29 is 4.74 Å². The Bertz CT molecular complexity index is 531. The van der Waals surface area contributed by atoms with Crippen molar-refractivity contribution in [1.82, 2.24) is 10.3 Å². The Morgan fingerprint density at radius 3 is 2.58 bits per heavy atom. The summed E-state index contributed by atoms with van der Waals surface area (Å²) in [5, 5.41) is 4.14. The summed E-state index contributed by atoms with van der Waals surface area (Å²) in [4.78, 5) is 4.05. The average Bonchev–Trinajstić information content (AvgIpc) is 2.46. The minimum atomic E-state index is 0.0615. The van der Waals surface area contributed by atoms with Gasteiger partial charge in [0.25, 0.3) is 0 Å². The number of hydrogen-bond donors (Lipinski definition) is 1. The number of rotatable bonds is 5. The van der Waals surface area contributed by atoms with E-state index in [1.54, 1.807) is 19.5 Å². The first kappa shape index (κ1) is 13.8. The van der Waals surface area contributed by atoms with Crippen molar-refractivity contribution in [2.45, 2.75) is 13.0 Å². The lowest BCUT2D eigenvalue weighted by atomic mass is 9.99. The predicted molar refractivity (Wildman–Crippen MR) is 77.8 cm³/mol. The summed E-state index contributed by atoms with van der Waals surface area (Å²) in [6.07, 6.45) is 3.58. The van der Waals surface area contributed by atoms with E-state index in [1.807, 2.05) is 30.3 Å². The molecule has 1 heterocycles. The minimum Gasteiger partial charge on any atom is -0.497 e. The second-order valence-corrected chi connectivity index (χ2v) is 4.57. The summed E-state index contributed by atoms with van der Waals surface area (Å²) in [5.41, 5.74) is 2.18. The number of halogens is 1. The van der Waals surface area contributed by atoms with E-state index in [0.29, 0.717) is 5.02 Å². The molecule has 3 nitrogen and oxygen atoms in total. The Kier molecular flexibility index (Phi) is 4.77. The van der Waals surface area contributed by atoms with Crippen molar-refractivity contribution in [2.75, 3.05) is 13.7 Å². The maximum Gasteiger partial charge on any atom is 0.120 e. The topological polar surface area (TPSA) is 34.2 Å². The van der Waals surface area contributed by atoms with Crippen molar-refractivity contribution in [3.63, 3.8) is 0 Å². The van der Waals surface area contributed by atoms with E-state index >= 15 is 0 Å². The standard InChI is InChI=1S/C15H17ClN2O/c1-3-18-15(11-6-8-17-9-7-11)13-5-4-12(19-2)10-14(13)16/h4-10,15,18H,3H2,1-2H3. The second-order valence-electron chi connectivity index (χ2n) is 4.16. The van der Waals surface area contributed by atoms with Gasteiger partial charge in [-0.2, -0.15) is 0 Å². The number of nitrogens with zero attached hydrogens (tertiary/aromatic N) is 1.